The second-order valence-electron chi connectivity index (χ2n) is 7.22. The minimum Gasteiger partial charge on any atom is -0.493 e. The van der Waals surface area contributed by atoms with Crippen molar-refractivity contribution < 1.29 is 27.5 Å². The lowest BCUT2D eigenvalue weighted by Crippen LogP contribution is -2.46. The van der Waals surface area contributed by atoms with E-state index in [4.69, 9.17) is 9.47 Å². The van der Waals surface area contributed by atoms with Gasteiger partial charge in [-0.2, -0.15) is 4.31 Å². The SMILES string of the molecule is CCCOc1ccc(C(=O)NNC(=O)CN(C)S(=O)(=O)c2ccc(C)c(C)c2)cc1OC. The van der Waals surface area contributed by atoms with Crippen LogP contribution < -0.4 is 20.3 Å². The van der Waals surface area contributed by atoms with Crippen molar-refractivity contribution in [2.75, 3.05) is 27.3 Å². The van der Waals surface area contributed by atoms with Crippen LogP contribution in [0.15, 0.2) is 41.3 Å². The fourth-order valence-electron chi connectivity index (χ4n) is 2.72. The van der Waals surface area contributed by atoms with Crippen LogP contribution in [0.4, 0.5) is 0 Å². The molecule has 0 spiro atoms. The monoisotopic (exact) mass is 463 g/mol. The molecule has 32 heavy (non-hydrogen) atoms. The molecule has 2 aromatic carbocycles. The lowest BCUT2D eigenvalue weighted by Gasteiger charge is -2.18. The number of ether oxygens (including phenoxy) is 2. The molecule has 10 heteroatoms. The Morgan fingerprint density at radius 2 is 1.72 bits per heavy atom. The molecule has 9 nitrogen and oxygen atoms in total. The molecule has 2 amide bonds. The van der Waals surface area contributed by atoms with Gasteiger partial charge in [-0.3, -0.25) is 20.4 Å². The standard InChI is InChI=1S/C22H29N3O6S/c1-6-11-31-19-10-8-17(13-20(19)30-5)22(27)24-23-21(26)14-25(4)32(28,29)18-9-7-15(2)16(3)12-18/h7-10,12-13H,6,11,14H2,1-5H3,(H,23,26)(H,24,27). The molecule has 0 saturated carbocycles. The molecule has 0 bridgehead atoms. The van der Waals surface area contributed by atoms with Crippen molar-refractivity contribution in [3.8, 4) is 11.5 Å². The van der Waals surface area contributed by atoms with Crippen LogP contribution in [0.25, 0.3) is 0 Å². The second-order valence-corrected chi connectivity index (χ2v) is 9.27. The minimum absolute atomic E-state index is 0.0948. The number of carbonyl (C=O) groups is 2. The number of hydrazine groups is 1. The number of nitrogens with zero attached hydrogens (tertiary/aromatic N) is 1. The van der Waals surface area contributed by atoms with E-state index in [1.807, 2.05) is 20.8 Å². The maximum Gasteiger partial charge on any atom is 0.269 e. The number of methoxy groups -OCH3 is 1. The summed E-state index contributed by atoms with van der Waals surface area (Å²) >= 11 is 0. The number of hydrogen-bond acceptors (Lipinski definition) is 6. The highest BCUT2D eigenvalue weighted by atomic mass is 32.2. The van der Waals surface area contributed by atoms with Crippen LogP contribution in [0, 0.1) is 13.8 Å². The average molecular weight is 464 g/mol. The van der Waals surface area contributed by atoms with Crippen LogP contribution in [-0.4, -0.2) is 51.8 Å². The van der Waals surface area contributed by atoms with Gasteiger partial charge in [-0.05, 0) is 61.7 Å². The summed E-state index contributed by atoms with van der Waals surface area (Å²) in [5, 5.41) is 0. The van der Waals surface area contributed by atoms with Gasteiger partial charge in [-0.1, -0.05) is 13.0 Å². The molecule has 0 aliphatic carbocycles. The molecule has 0 aliphatic rings. The number of aryl methyl sites for hydroxylation is 2. The third-order valence-electron chi connectivity index (χ3n) is 4.76. The third kappa shape index (κ3) is 6.21. The number of benzene rings is 2. The average Bonchev–Trinajstić information content (AvgIpc) is 2.77. The van der Waals surface area contributed by atoms with Gasteiger partial charge in [0.2, 0.25) is 10.0 Å². The normalized spacial score (nSPS) is 11.2. The van der Waals surface area contributed by atoms with E-state index in [0.717, 1.165) is 21.9 Å². The van der Waals surface area contributed by atoms with Gasteiger partial charge in [-0.15, -0.1) is 0 Å². The zero-order valence-electron chi connectivity index (χ0n) is 18.9. The predicted molar refractivity (Wildman–Crippen MR) is 120 cm³/mol. The van der Waals surface area contributed by atoms with Crippen molar-refractivity contribution >= 4 is 21.8 Å². The lowest BCUT2D eigenvalue weighted by molar-refractivity contribution is -0.121. The van der Waals surface area contributed by atoms with E-state index in [9.17, 15) is 18.0 Å². The van der Waals surface area contributed by atoms with Gasteiger partial charge in [0, 0.05) is 12.6 Å². The van der Waals surface area contributed by atoms with Gasteiger partial charge in [-0.25, -0.2) is 8.42 Å². The van der Waals surface area contributed by atoms with Crippen LogP contribution in [0.3, 0.4) is 0 Å². The molecule has 0 atom stereocenters. The quantitative estimate of drug-likeness (QED) is 0.551. The molecule has 2 N–H and O–H groups in total. The minimum atomic E-state index is -3.86. The molecule has 0 radical (unpaired) electrons. The van der Waals surface area contributed by atoms with E-state index in [1.165, 1.54) is 32.4 Å². The highest BCUT2D eigenvalue weighted by Crippen LogP contribution is 2.28. The maximum absolute atomic E-state index is 12.7. The number of amides is 2. The first-order chi connectivity index (χ1) is 15.1. The third-order valence-corrected chi connectivity index (χ3v) is 6.56. The molecule has 2 aromatic rings. The van der Waals surface area contributed by atoms with E-state index in [0.29, 0.717) is 18.1 Å². The molecule has 0 heterocycles. The molecule has 174 valence electrons. The molecular weight excluding hydrogens is 434 g/mol. The van der Waals surface area contributed by atoms with E-state index in [-0.39, 0.29) is 10.5 Å². The second kappa shape index (κ2) is 11.0. The Balaban J connectivity index is 1.98. The zero-order valence-corrected chi connectivity index (χ0v) is 19.7. The molecule has 0 aromatic heterocycles. The van der Waals surface area contributed by atoms with Crippen molar-refractivity contribution in [2.24, 2.45) is 0 Å². The Morgan fingerprint density at radius 3 is 2.34 bits per heavy atom. The lowest BCUT2D eigenvalue weighted by atomic mass is 10.1. The highest BCUT2D eigenvalue weighted by molar-refractivity contribution is 7.89. The number of rotatable bonds is 9. The van der Waals surface area contributed by atoms with E-state index >= 15 is 0 Å². The van der Waals surface area contributed by atoms with Crippen molar-refractivity contribution in [1.82, 2.24) is 15.2 Å². The fraction of sp³-hybridized carbons (Fsp3) is 0.364. The first-order valence-corrected chi connectivity index (χ1v) is 11.5. The Labute approximate surface area is 188 Å². The van der Waals surface area contributed by atoms with Crippen LogP contribution in [0.1, 0.15) is 34.8 Å². The number of nitrogens with one attached hydrogen (secondary N) is 2. The van der Waals surface area contributed by atoms with E-state index in [2.05, 4.69) is 10.9 Å². The Morgan fingerprint density at radius 1 is 1.00 bits per heavy atom. The van der Waals surface area contributed by atoms with Crippen molar-refractivity contribution in [3.63, 3.8) is 0 Å². The Kier molecular flexibility index (Phi) is 8.62. The molecule has 0 aliphatic heterocycles. The summed E-state index contributed by atoms with van der Waals surface area (Å²) in [7, 11) is -1.10. The van der Waals surface area contributed by atoms with E-state index in [1.54, 1.807) is 18.2 Å². The van der Waals surface area contributed by atoms with Gasteiger partial charge >= 0.3 is 0 Å². The van der Waals surface area contributed by atoms with Gasteiger partial charge in [0.25, 0.3) is 11.8 Å². The Bertz CT molecular complexity index is 1090. The van der Waals surface area contributed by atoms with Crippen LogP contribution in [0.5, 0.6) is 11.5 Å². The summed E-state index contributed by atoms with van der Waals surface area (Å²) < 4.78 is 37.1. The van der Waals surface area contributed by atoms with E-state index < -0.39 is 28.4 Å². The van der Waals surface area contributed by atoms with Crippen LogP contribution >= 0.6 is 0 Å². The highest BCUT2D eigenvalue weighted by Gasteiger charge is 2.23. The smallest absolute Gasteiger partial charge is 0.269 e. The Hall–Kier alpha value is -3.11. The number of carbonyl (C=O) groups excluding carboxylic acids is 2. The fourth-order valence-corrected chi connectivity index (χ4v) is 3.93. The first-order valence-electron chi connectivity index (χ1n) is 10.0. The van der Waals surface area contributed by atoms with Crippen LogP contribution in [0.2, 0.25) is 0 Å². The molecule has 2 rings (SSSR count). The van der Waals surface area contributed by atoms with Gasteiger partial charge in [0.15, 0.2) is 11.5 Å². The maximum atomic E-state index is 12.7. The predicted octanol–water partition coefficient (Wildman–Crippen LogP) is 2.18. The summed E-state index contributed by atoms with van der Waals surface area (Å²) in [5.41, 5.74) is 6.53. The molecule has 0 fully saturated rings. The molecular formula is C22H29N3O6S. The topological polar surface area (TPSA) is 114 Å². The van der Waals surface area contributed by atoms with Crippen LogP contribution in [-0.2, 0) is 14.8 Å². The molecule has 0 saturated heterocycles. The summed E-state index contributed by atoms with van der Waals surface area (Å²) in [6.45, 7) is 5.71. The summed E-state index contributed by atoms with van der Waals surface area (Å²) in [4.78, 5) is 24.7. The van der Waals surface area contributed by atoms with Gasteiger partial charge < -0.3 is 9.47 Å². The van der Waals surface area contributed by atoms with Crippen molar-refractivity contribution in [3.05, 3.63) is 53.1 Å². The van der Waals surface area contributed by atoms with Gasteiger partial charge in [0.1, 0.15) is 0 Å². The summed E-state index contributed by atoms with van der Waals surface area (Å²) in [6.07, 6.45) is 0.825. The van der Waals surface area contributed by atoms with Crippen molar-refractivity contribution in [2.45, 2.75) is 32.1 Å². The first kappa shape index (κ1) is 25.2. The largest absolute Gasteiger partial charge is 0.493 e. The van der Waals surface area contributed by atoms with Gasteiger partial charge in [0.05, 0.1) is 25.2 Å². The van der Waals surface area contributed by atoms with Crippen molar-refractivity contribution in [1.29, 1.82) is 0 Å². The zero-order chi connectivity index (χ0) is 23.9. The number of likely N-dealkylation sites (N-methyl/N-ethyl adjacent to an activating group) is 1. The summed E-state index contributed by atoms with van der Waals surface area (Å²) in [5.74, 6) is -0.383. The molecule has 0 unspecified atom stereocenters. The number of hydrogen-bond donors (Lipinski definition) is 2. The summed E-state index contributed by atoms with van der Waals surface area (Å²) in [6, 6.07) is 9.39. The number of sulfonamides is 1.